The lowest BCUT2D eigenvalue weighted by molar-refractivity contribution is 0.399. The predicted molar refractivity (Wildman–Crippen MR) is 72.8 cm³/mol. The van der Waals surface area contributed by atoms with Crippen molar-refractivity contribution in [1.29, 1.82) is 0 Å². The first-order valence-corrected chi connectivity index (χ1v) is 6.27. The van der Waals surface area contributed by atoms with Crippen LogP contribution in [0.1, 0.15) is 31.3 Å². The fourth-order valence-electron chi connectivity index (χ4n) is 1.80. The smallest absolute Gasteiger partial charge is 0.257 e. The maximum atomic E-state index is 6.00. The second-order valence-corrected chi connectivity index (χ2v) is 4.91. The Bertz CT molecular complexity index is 564. The van der Waals surface area contributed by atoms with E-state index >= 15 is 0 Å². The minimum absolute atomic E-state index is 0.211. The van der Waals surface area contributed by atoms with E-state index in [-0.39, 0.29) is 12.0 Å². The molecule has 2 aromatic rings. The molecular weight excluding hydrogens is 242 g/mol. The zero-order chi connectivity index (χ0) is 14.0. The number of hydrogen-bond donors (Lipinski definition) is 1. The molecule has 0 spiro atoms. The molecule has 1 aromatic carbocycles. The third-order valence-electron chi connectivity index (χ3n) is 3.10. The minimum atomic E-state index is -0.211. The Morgan fingerprint density at radius 3 is 2.63 bits per heavy atom. The lowest BCUT2D eigenvalue weighted by Gasteiger charge is -2.09. The number of ether oxygens (including phenoxy) is 1. The van der Waals surface area contributed by atoms with Crippen molar-refractivity contribution >= 4 is 0 Å². The molecule has 0 radical (unpaired) electrons. The van der Waals surface area contributed by atoms with Crippen LogP contribution in [-0.4, -0.2) is 17.3 Å². The van der Waals surface area contributed by atoms with Crippen LogP contribution in [0.3, 0.4) is 0 Å². The number of aromatic nitrogens is 2. The van der Waals surface area contributed by atoms with Crippen molar-refractivity contribution < 1.29 is 9.26 Å². The Balaban J connectivity index is 2.30. The van der Waals surface area contributed by atoms with Gasteiger partial charge in [-0.25, -0.2) is 0 Å². The van der Waals surface area contributed by atoms with E-state index in [1.54, 1.807) is 7.11 Å². The third-order valence-corrected chi connectivity index (χ3v) is 3.10. The van der Waals surface area contributed by atoms with Gasteiger partial charge in [0, 0.05) is 5.56 Å². The summed E-state index contributed by atoms with van der Waals surface area (Å²) in [5.74, 6) is 2.13. The molecule has 0 aliphatic heterocycles. The molecule has 0 aliphatic carbocycles. The molecule has 5 heteroatoms. The minimum Gasteiger partial charge on any atom is -0.496 e. The van der Waals surface area contributed by atoms with Crippen LogP contribution in [0.15, 0.2) is 22.7 Å². The molecule has 0 saturated heterocycles. The van der Waals surface area contributed by atoms with Gasteiger partial charge in [-0.2, -0.15) is 4.98 Å². The molecule has 1 heterocycles. The van der Waals surface area contributed by atoms with Gasteiger partial charge in [0.2, 0.25) is 0 Å². The van der Waals surface area contributed by atoms with E-state index in [0.29, 0.717) is 11.7 Å². The number of benzene rings is 1. The number of hydrogen-bond acceptors (Lipinski definition) is 5. The first-order chi connectivity index (χ1) is 9.02. The van der Waals surface area contributed by atoms with Gasteiger partial charge in [-0.1, -0.05) is 19.0 Å². The molecule has 1 atom stereocenters. The lowest BCUT2D eigenvalue weighted by Crippen LogP contribution is -2.18. The zero-order valence-corrected chi connectivity index (χ0v) is 11.7. The van der Waals surface area contributed by atoms with Gasteiger partial charge in [0.05, 0.1) is 13.2 Å². The average molecular weight is 261 g/mol. The fourth-order valence-corrected chi connectivity index (χ4v) is 1.80. The Morgan fingerprint density at radius 2 is 2.05 bits per heavy atom. The standard InChI is InChI=1S/C14H19N3O2/c1-8(2)12(15)13-16-14(19-17-13)10-5-6-11(18-4)9(3)7-10/h5-8,12H,15H2,1-4H3. The van der Waals surface area contributed by atoms with Gasteiger partial charge in [0.15, 0.2) is 5.82 Å². The van der Waals surface area contributed by atoms with E-state index in [2.05, 4.69) is 10.1 Å². The molecular formula is C14H19N3O2. The van der Waals surface area contributed by atoms with Crippen molar-refractivity contribution in [2.24, 2.45) is 11.7 Å². The first-order valence-electron chi connectivity index (χ1n) is 6.27. The second-order valence-electron chi connectivity index (χ2n) is 4.91. The summed E-state index contributed by atoms with van der Waals surface area (Å²) < 4.78 is 10.5. The molecule has 2 N–H and O–H groups in total. The lowest BCUT2D eigenvalue weighted by atomic mass is 10.1. The molecule has 1 unspecified atom stereocenters. The quantitative estimate of drug-likeness (QED) is 0.915. The highest BCUT2D eigenvalue weighted by Gasteiger charge is 2.18. The van der Waals surface area contributed by atoms with E-state index in [1.807, 2.05) is 39.0 Å². The zero-order valence-electron chi connectivity index (χ0n) is 11.7. The van der Waals surface area contributed by atoms with E-state index in [0.717, 1.165) is 16.9 Å². The van der Waals surface area contributed by atoms with Gasteiger partial charge < -0.3 is 15.0 Å². The van der Waals surface area contributed by atoms with E-state index in [1.165, 1.54) is 0 Å². The highest BCUT2D eigenvalue weighted by atomic mass is 16.5. The average Bonchev–Trinajstić information content (AvgIpc) is 2.87. The molecule has 0 fully saturated rings. The molecule has 0 aliphatic rings. The van der Waals surface area contributed by atoms with Crippen LogP contribution in [-0.2, 0) is 0 Å². The summed E-state index contributed by atoms with van der Waals surface area (Å²) in [5.41, 5.74) is 7.89. The number of nitrogens with zero attached hydrogens (tertiary/aromatic N) is 2. The van der Waals surface area contributed by atoms with Crippen molar-refractivity contribution in [2.45, 2.75) is 26.8 Å². The van der Waals surface area contributed by atoms with Gasteiger partial charge in [-0.05, 0) is 36.6 Å². The highest BCUT2D eigenvalue weighted by Crippen LogP contribution is 2.26. The largest absolute Gasteiger partial charge is 0.496 e. The van der Waals surface area contributed by atoms with Gasteiger partial charge in [0.1, 0.15) is 5.75 Å². The van der Waals surface area contributed by atoms with Crippen molar-refractivity contribution in [3.05, 3.63) is 29.6 Å². The van der Waals surface area contributed by atoms with E-state index in [9.17, 15) is 0 Å². The molecule has 1 aromatic heterocycles. The number of aryl methyl sites for hydroxylation is 1. The van der Waals surface area contributed by atoms with Crippen LogP contribution in [0.25, 0.3) is 11.5 Å². The Morgan fingerprint density at radius 1 is 1.32 bits per heavy atom. The van der Waals surface area contributed by atoms with Gasteiger partial charge in [-0.3, -0.25) is 0 Å². The number of methoxy groups -OCH3 is 1. The Kier molecular flexibility index (Phi) is 3.85. The molecule has 0 amide bonds. The van der Waals surface area contributed by atoms with Gasteiger partial charge >= 0.3 is 0 Å². The summed E-state index contributed by atoms with van der Waals surface area (Å²) in [6.07, 6.45) is 0. The number of nitrogens with two attached hydrogens (primary N) is 1. The first kappa shape index (κ1) is 13.5. The summed E-state index contributed by atoms with van der Waals surface area (Å²) >= 11 is 0. The van der Waals surface area contributed by atoms with Crippen LogP contribution < -0.4 is 10.5 Å². The van der Waals surface area contributed by atoms with Crippen LogP contribution in [0.2, 0.25) is 0 Å². The monoisotopic (exact) mass is 261 g/mol. The second kappa shape index (κ2) is 5.40. The van der Waals surface area contributed by atoms with Crippen LogP contribution in [0.4, 0.5) is 0 Å². The molecule has 0 bridgehead atoms. The maximum Gasteiger partial charge on any atom is 0.257 e. The van der Waals surface area contributed by atoms with Crippen molar-refractivity contribution in [3.63, 3.8) is 0 Å². The third kappa shape index (κ3) is 2.76. The van der Waals surface area contributed by atoms with E-state index in [4.69, 9.17) is 15.0 Å². The van der Waals surface area contributed by atoms with Crippen molar-refractivity contribution in [3.8, 4) is 17.2 Å². The van der Waals surface area contributed by atoms with Crippen molar-refractivity contribution in [2.75, 3.05) is 7.11 Å². The van der Waals surface area contributed by atoms with Crippen molar-refractivity contribution in [1.82, 2.24) is 10.1 Å². The topological polar surface area (TPSA) is 74.2 Å². The summed E-state index contributed by atoms with van der Waals surface area (Å²) in [6, 6.07) is 5.52. The van der Waals surface area contributed by atoms with Gasteiger partial charge in [0.25, 0.3) is 5.89 Å². The Labute approximate surface area is 112 Å². The molecule has 0 saturated carbocycles. The molecule has 19 heavy (non-hydrogen) atoms. The van der Waals surface area contributed by atoms with Crippen LogP contribution >= 0.6 is 0 Å². The predicted octanol–water partition coefficient (Wildman–Crippen LogP) is 2.71. The normalized spacial score (nSPS) is 12.7. The summed E-state index contributed by atoms with van der Waals surface area (Å²) in [5, 5.41) is 3.94. The molecule has 102 valence electrons. The van der Waals surface area contributed by atoms with E-state index < -0.39 is 0 Å². The summed E-state index contributed by atoms with van der Waals surface area (Å²) in [7, 11) is 1.65. The summed E-state index contributed by atoms with van der Waals surface area (Å²) in [4.78, 5) is 4.35. The molecule has 5 nitrogen and oxygen atoms in total. The van der Waals surface area contributed by atoms with Crippen LogP contribution in [0, 0.1) is 12.8 Å². The van der Waals surface area contributed by atoms with Crippen LogP contribution in [0.5, 0.6) is 5.75 Å². The van der Waals surface area contributed by atoms with Gasteiger partial charge in [-0.15, -0.1) is 0 Å². The summed E-state index contributed by atoms with van der Waals surface area (Å²) in [6.45, 7) is 6.02. The molecule has 2 rings (SSSR count). The number of rotatable bonds is 4. The fraction of sp³-hybridized carbons (Fsp3) is 0.429. The Hall–Kier alpha value is -1.88. The maximum absolute atomic E-state index is 6.00. The SMILES string of the molecule is COc1ccc(-c2nc(C(N)C(C)C)no2)cc1C. The highest BCUT2D eigenvalue weighted by molar-refractivity contribution is 5.57.